The number of methoxy groups -OCH3 is 1. The van der Waals surface area contributed by atoms with E-state index in [-0.39, 0.29) is 6.04 Å². The summed E-state index contributed by atoms with van der Waals surface area (Å²) in [5, 5.41) is 3.34. The van der Waals surface area contributed by atoms with Crippen LogP contribution in [-0.4, -0.2) is 13.2 Å². The molecule has 0 saturated heterocycles. The molecule has 0 heterocycles. The third kappa shape index (κ3) is 5.57. The summed E-state index contributed by atoms with van der Waals surface area (Å²) in [5.41, 5.74) is 1.47. The largest absolute Gasteiger partial charge is 0.497 e. The van der Waals surface area contributed by atoms with Crippen LogP contribution in [0, 0.1) is 0 Å². The lowest BCUT2D eigenvalue weighted by molar-refractivity contribution is -0.137. The number of nitrogens with one attached hydrogen (secondary N) is 1. The van der Waals surface area contributed by atoms with Crippen LogP contribution in [0.5, 0.6) is 5.75 Å². The van der Waals surface area contributed by atoms with Gasteiger partial charge in [0.2, 0.25) is 0 Å². The Labute approximate surface area is 140 Å². The van der Waals surface area contributed by atoms with E-state index in [1.807, 2.05) is 24.3 Å². The fourth-order valence-electron chi connectivity index (χ4n) is 2.38. The van der Waals surface area contributed by atoms with Crippen molar-refractivity contribution >= 4 is 0 Å². The minimum absolute atomic E-state index is 0.273. The van der Waals surface area contributed by atoms with Gasteiger partial charge in [-0.25, -0.2) is 0 Å². The van der Waals surface area contributed by atoms with E-state index < -0.39 is 11.7 Å². The van der Waals surface area contributed by atoms with E-state index in [4.69, 9.17) is 4.74 Å². The Balaban J connectivity index is 1.77. The van der Waals surface area contributed by atoms with Crippen molar-refractivity contribution in [3.05, 3.63) is 65.2 Å². The van der Waals surface area contributed by atoms with Gasteiger partial charge in [0.25, 0.3) is 0 Å². The summed E-state index contributed by atoms with van der Waals surface area (Å²) in [7, 11) is 1.64. The summed E-state index contributed by atoms with van der Waals surface area (Å²) in [5.74, 6) is 0.840. The second kappa shape index (κ2) is 8.20. The quantitative estimate of drug-likeness (QED) is 0.782. The Kier molecular flexibility index (Phi) is 6.26. The van der Waals surface area contributed by atoms with Gasteiger partial charge in [-0.1, -0.05) is 24.3 Å². The fraction of sp³-hybridized carbons (Fsp3) is 0.368. The molecule has 1 N–H and O–H groups in total. The number of hydrogen-bond donors (Lipinski definition) is 1. The van der Waals surface area contributed by atoms with Gasteiger partial charge >= 0.3 is 6.18 Å². The molecule has 0 spiro atoms. The lowest BCUT2D eigenvalue weighted by Crippen LogP contribution is -2.26. The number of halogens is 3. The van der Waals surface area contributed by atoms with Gasteiger partial charge in [-0.3, -0.25) is 0 Å². The number of alkyl halides is 3. The van der Waals surface area contributed by atoms with E-state index in [0.717, 1.165) is 36.3 Å². The van der Waals surface area contributed by atoms with Crippen LogP contribution in [0.4, 0.5) is 13.2 Å². The third-order valence-corrected chi connectivity index (χ3v) is 3.96. The molecule has 0 aliphatic heterocycles. The number of benzene rings is 2. The number of aryl methyl sites for hydroxylation is 1. The SMILES string of the molecule is COc1ccc(CC[C@H](C)NCc2ccc(C(F)(F)F)cc2)cc1. The molecule has 0 aromatic heterocycles. The van der Waals surface area contributed by atoms with E-state index >= 15 is 0 Å². The van der Waals surface area contributed by atoms with Gasteiger partial charge in [-0.15, -0.1) is 0 Å². The molecule has 130 valence electrons. The molecule has 0 fully saturated rings. The molecule has 2 rings (SSSR count). The average Bonchev–Trinajstić information content (AvgIpc) is 2.58. The first-order valence-electron chi connectivity index (χ1n) is 7.91. The molecule has 2 aromatic rings. The lowest BCUT2D eigenvalue weighted by Gasteiger charge is -2.14. The molecule has 0 saturated carbocycles. The van der Waals surface area contributed by atoms with Crippen LogP contribution in [0.1, 0.15) is 30.0 Å². The first-order chi connectivity index (χ1) is 11.4. The first kappa shape index (κ1) is 18.3. The van der Waals surface area contributed by atoms with Crippen LogP contribution in [0.3, 0.4) is 0 Å². The van der Waals surface area contributed by atoms with Crippen molar-refractivity contribution in [1.29, 1.82) is 0 Å². The normalized spacial score (nSPS) is 12.9. The van der Waals surface area contributed by atoms with Crippen LogP contribution in [0.25, 0.3) is 0 Å². The molecule has 0 bridgehead atoms. The smallest absolute Gasteiger partial charge is 0.416 e. The van der Waals surface area contributed by atoms with Crippen molar-refractivity contribution in [3.8, 4) is 5.75 Å². The zero-order valence-electron chi connectivity index (χ0n) is 13.9. The lowest BCUT2D eigenvalue weighted by atomic mass is 10.1. The van der Waals surface area contributed by atoms with Gasteiger partial charge in [0, 0.05) is 12.6 Å². The van der Waals surface area contributed by atoms with Crippen molar-refractivity contribution in [1.82, 2.24) is 5.32 Å². The minimum Gasteiger partial charge on any atom is -0.497 e. The first-order valence-corrected chi connectivity index (χ1v) is 7.91. The Morgan fingerprint density at radius 2 is 1.54 bits per heavy atom. The van der Waals surface area contributed by atoms with Crippen molar-refractivity contribution in [2.75, 3.05) is 7.11 Å². The zero-order valence-corrected chi connectivity index (χ0v) is 13.9. The van der Waals surface area contributed by atoms with Crippen LogP contribution >= 0.6 is 0 Å². The molecule has 2 aromatic carbocycles. The van der Waals surface area contributed by atoms with E-state index in [0.29, 0.717) is 6.54 Å². The molecule has 24 heavy (non-hydrogen) atoms. The molecule has 2 nitrogen and oxygen atoms in total. The summed E-state index contributed by atoms with van der Waals surface area (Å²) < 4.78 is 42.7. The minimum atomic E-state index is -4.28. The highest BCUT2D eigenvalue weighted by molar-refractivity contribution is 5.27. The highest BCUT2D eigenvalue weighted by Gasteiger charge is 2.29. The zero-order chi connectivity index (χ0) is 17.6. The second-order valence-electron chi connectivity index (χ2n) is 5.86. The molecule has 0 unspecified atom stereocenters. The molecule has 1 atom stereocenters. The number of ether oxygens (including phenoxy) is 1. The molecule has 0 aliphatic carbocycles. The van der Waals surface area contributed by atoms with Gasteiger partial charge < -0.3 is 10.1 Å². The maximum absolute atomic E-state index is 12.5. The number of hydrogen-bond acceptors (Lipinski definition) is 2. The van der Waals surface area contributed by atoms with Crippen molar-refractivity contribution in [2.24, 2.45) is 0 Å². The van der Waals surface area contributed by atoms with Gasteiger partial charge in [-0.05, 0) is 55.2 Å². The predicted molar refractivity (Wildman–Crippen MR) is 89.1 cm³/mol. The Bertz CT molecular complexity index is 621. The van der Waals surface area contributed by atoms with Gasteiger partial charge in [0.05, 0.1) is 12.7 Å². The fourth-order valence-corrected chi connectivity index (χ4v) is 2.38. The molecule has 5 heteroatoms. The van der Waals surface area contributed by atoms with Crippen molar-refractivity contribution < 1.29 is 17.9 Å². The molecular formula is C19H22F3NO. The van der Waals surface area contributed by atoms with Crippen LogP contribution in [0.15, 0.2) is 48.5 Å². The molecule has 0 radical (unpaired) electrons. The summed E-state index contributed by atoms with van der Waals surface area (Å²) in [6.07, 6.45) is -2.39. The van der Waals surface area contributed by atoms with Crippen molar-refractivity contribution in [3.63, 3.8) is 0 Å². The Morgan fingerprint density at radius 1 is 0.958 bits per heavy atom. The summed E-state index contributed by atoms with van der Waals surface area (Å²) >= 11 is 0. The summed E-state index contributed by atoms with van der Waals surface area (Å²) in [6, 6.07) is 13.5. The summed E-state index contributed by atoms with van der Waals surface area (Å²) in [4.78, 5) is 0. The van der Waals surface area contributed by atoms with Gasteiger partial charge in [-0.2, -0.15) is 13.2 Å². The number of rotatable bonds is 7. The van der Waals surface area contributed by atoms with Gasteiger partial charge in [0.15, 0.2) is 0 Å². The monoisotopic (exact) mass is 337 g/mol. The topological polar surface area (TPSA) is 21.3 Å². The van der Waals surface area contributed by atoms with Crippen LogP contribution in [-0.2, 0) is 19.1 Å². The maximum atomic E-state index is 12.5. The standard InChI is InChI=1S/C19H22F3NO/c1-14(3-4-15-7-11-18(24-2)12-8-15)23-13-16-5-9-17(10-6-16)19(20,21)22/h5-12,14,23H,3-4,13H2,1-2H3/t14-/m0/s1. The van der Waals surface area contributed by atoms with E-state index in [1.165, 1.54) is 17.7 Å². The van der Waals surface area contributed by atoms with Gasteiger partial charge in [0.1, 0.15) is 5.75 Å². The van der Waals surface area contributed by atoms with E-state index in [9.17, 15) is 13.2 Å². The van der Waals surface area contributed by atoms with Crippen LogP contribution < -0.4 is 10.1 Å². The highest BCUT2D eigenvalue weighted by Crippen LogP contribution is 2.29. The van der Waals surface area contributed by atoms with Crippen molar-refractivity contribution in [2.45, 2.75) is 38.5 Å². The predicted octanol–water partition coefficient (Wildman–Crippen LogP) is 4.82. The maximum Gasteiger partial charge on any atom is 0.416 e. The molecular weight excluding hydrogens is 315 g/mol. The van der Waals surface area contributed by atoms with E-state index in [1.54, 1.807) is 7.11 Å². The Hall–Kier alpha value is -2.01. The molecule has 0 aliphatic rings. The highest BCUT2D eigenvalue weighted by atomic mass is 19.4. The Morgan fingerprint density at radius 3 is 2.08 bits per heavy atom. The summed E-state index contributed by atoms with van der Waals surface area (Å²) in [6.45, 7) is 2.63. The van der Waals surface area contributed by atoms with Crippen LogP contribution in [0.2, 0.25) is 0 Å². The second-order valence-corrected chi connectivity index (χ2v) is 5.86. The van der Waals surface area contributed by atoms with E-state index in [2.05, 4.69) is 12.2 Å². The molecule has 0 amide bonds. The average molecular weight is 337 g/mol. The third-order valence-electron chi connectivity index (χ3n) is 3.96.